The van der Waals surface area contributed by atoms with Crippen LogP contribution in [0.1, 0.15) is 31.2 Å². The SMILES string of the molecule is N#CC(CN1CCC(Cc2ccccc2)CC1)NC1CC1. The van der Waals surface area contributed by atoms with Gasteiger partial charge in [0, 0.05) is 12.6 Å². The minimum atomic E-state index is 0.0168. The van der Waals surface area contributed by atoms with Gasteiger partial charge in [-0.1, -0.05) is 30.3 Å². The lowest BCUT2D eigenvalue weighted by Gasteiger charge is -2.33. The Bertz CT molecular complexity index is 467. The van der Waals surface area contributed by atoms with E-state index in [4.69, 9.17) is 0 Å². The van der Waals surface area contributed by atoms with Crippen LogP contribution in [0.3, 0.4) is 0 Å². The average molecular weight is 283 g/mol. The molecule has 1 aromatic carbocycles. The van der Waals surface area contributed by atoms with Crippen molar-refractivity contribution in [3.8, 4) is 6.07 Å². The fourth-order valence-electron chi connectivity index (χ4n) is 3.24. The van der Waals surface area contributed by atoms with Crippen LogP contribution in [0.5, 0.6) is 0 Å². The van der Waals surface area contributed by atoms with Gasteiger partial charge in [0.05, 0.1) is 6.07 Å². The third kappa shape index (κ3) is 4.56. The molecule has 1 N–H and O–H groups in total. The molecule has 1 aliphatic heterocycles. The quantitative estimate of drug-likeness (QED) is 0.872. The molecule has 0 aromatic heterocycles. The molecule has 1 aromatic rings. The molecule has 3 rings (SSSR count). The van der Waals surface area contributed by atoms with Crippen LogP contribution >= 0.6 is 0 Å². The van der Waals surface area contributed by atoms with E-state index in [9.17, 15) is 5.26 Å². The Labute approximate surface area is 128 Å². The van der Waals surface area contributed by atoms with Gasteiger partial charge in [0.1, 0.15) is 6.04 Å². The molecule has 112 valence electrons. The van der Waals surface area contributed by atoms with Gasteiger partial charge >= 0.3 is 0 Å². The summed E-state index contributed by atoms with van der Waals surface area (Å²) in [7, 11) is 0. The van der Waals surface area contributed by atoms with E-state index in [0.29, 0.717) is 6.04 Å². The molecule has 2 aliphatic rings. The van der Waals surface area contributed by atoms with Gasteiger partial charge in [0.2, 0.25) is 0 Å². The summed E-state index contributed by atoms with van der Waals surface area (Å²) in [6.07, 6.45) is 6.22. The molecule has 21 heavy (non-hydrogen) atoms. The lowest BCUT2D eigenvalue weighted by atomic mass is 9.90. The number of benzene rings is 1. The third-order valence-corrected chi connectivity index (χ3v) is 4.69. The lowest BCUT2D eigenvalue weighted by molar-refractivity contribution is 0.176. The second kappa shape index (κ2) is 7.06. The molecule has 3 nitrogen and oxygen atoms in total. The van der Waals surface area contributed by atoms with Gasteiger partial charge in [-0.2, -0.15) is 5.26 Å². The zero-order chi connectivity index (χ0) is 14.5. The van der Waals surface area contributed by atoms with E-state index in [1.165, 1.54) is 37.7 Å². The zero-order valence-electron chi connectivity index (χ0n) is 12.7. The van der Waals surface area contributed by atoms with Crippen molar-refractivity contribution in [2.24, 2.45) is 5.92 Å². The topological polar surface area (TPSA) is 39.1 Å². The molecule has 1 unspecified atom stereocenters. The molecular weight excluding hydrogens is 258 g/mol. The van der Waals surface area contributed by atoms with E-state index in [1.807, 2.05) is 0 Å². The van der Waals surface area contributed by atoms with Crippen LogP contribution in [0.15, 0.2) is 30.3 Å². The van der Waals surface area contributed by atoms with Crippen LogP contribution in [0.2, 0.25) is 0 Å². The van der Waals surface area contributed by atoms with E-state index in [2.05, 4.69) is 46.6 Å². The first-order valence-electron chi connectivity index (χ1n) is 8.25. The van der Waals surface area contributed by atoms with E-state index in [1.54, 1.807) is 0 Å². The summed E-state index contributed by atoms with van der Waals surface area (Å²) in [5.74, 6) is 0.806. The van der Waals surface area contributed by atoms with E-state index < -0.39 is 0 Å². The van der Waals surface area contributed by atoms with Crippen molar-refractivity contribution in [2.45, 2.75) is 44.2 Å². The first kappa shape index (κ1) is 14.6. The summed E-state index contributed by atoms with van der Waals surface area (Å²) in [5, 5.41) is 12.7. The van der Waals surface area contributed by atoms with Gasteiger partial charge in [-0.15, -0.1) is 0 Å². The fraction of sp³-hybridized carbons (Fsp3) is 0.611. The second-order valence-corrected chi connectivity index (χ2v) is 6.56. The van der Waals surface area contributed by atoms with Gasteiger partial charge in [0.25, 0.3) is 0 Å². The maximum atomic E-state index is 9.24. The highest BCUT2D eigenvalue weighted by atomic mass is 15.2. The molecule has 1 saturated heterocycles. The highest BCUT2D eigenvalue weighted by molar-refractivity contribution is 5.15. The fourth-order valence-corrected chi connectivity index (χ4v) is 3.24. The first-order valence-corrected chi connectivity index (χ1v) is 8.25. The highest BCUT2D eigenvalue weighted by Crippen LogP contribution is 2.23. The van der Waals surface area contributed by atoms with Gasteiger partial charge in [-0.3, -0.25) is 5.32 Å². The molecule has 1 atom stereocenters. The normalized spacial score (nSPS) is 21.9. The maximum absolute atomic E-state index is 9.24. The van der Waals surface area contributed by atoms with Crippen LogP contribution < -0.4 is 5.32 Å². The number of hydrogen-bond donors (Lipinski definition) is 1. The van der Waals surface area contributed by atoms with Crippen molar-refractivity contribution < 1.29 is 0 Å². The van der Waals surface area contributed by atoms with Crippen molar-refractivity contribution in [2.75, 3.05) is 19.6 Å². The van der Waals surface area contributed by atoms with Crippen molar-refractivity contribution in [3.05, 3.63) is 35.9 Å². The largest absolute Gasteiger partial charge is 0.301 e. The number of likely N-dealkylation sites (tertiary alicyclic amines) is 1. The van der Waals surface area contributed by atoms with Crippen molar-refractivity contribution in [3.63, 3.8) is 0 Å². The minimum Gasteiger partial charge on any atom is -0.301 e. The monoisotopic (exact) mass is 283 g/mol. The number of hydrogen-bond acceptors (Lipinski definition) is 3. The van der Waals surface area contributed by atoms with E-state index >= 15 is 0 Å². The summed E-state index contributed by atoms with van der Waals surface area (Å²) in [6.45, 7) is 3.18. The molecule has 0 bridgehead atoms. The smallest absolute Gasteiger partial charge is 0.108 e. The molecule has 2 fully saturated rings. The van der Waals surface area contributed by atoms with Crippen LogP contribution in [-0.2, 0) is 6.42 Å². The number of nitriles is 1. The Hall–Kier alpha value is -1.37. The van der Waals surface area contributed by atoms with E-state index in [0.717, 1.165) is 25.6 Å². The minimum absolute atomic E-state index is 0.0168. The van der Waals surface area contributed by atoms with Gasteiger partial charge < -0.3 is 4.90 Å². The van der Waals surface area contributed by atoms with Crippen LogP contribution in [0.4, 0.5) is 0 Å². The van der Waals surface area contributed by atoms with Crippen LogP contribution in [-0.4, -0.2) is 36.6 Å². The summed E-state index contributed by atoms with van der Waals surface area (Å²) in [6, 6.07) is 13.9. The maximum Gasteiger partial charge on any atom is 0.108 e. The molecule has 1 aliphatic carbocycles. The molecule has 0 amide bonds. The Morgan fingerprint density at radius 1 is 1.14 bits per heavy atom. The molecule has 1 heterocycles. The summed E-state index contributed by atoms with van der Waals surface area (Å²) in [4.78, 5) is 2.46. The van der Waals surface area contributed by atoms with Gasteiger partial charge in [-0.05, 0) is 56.7 Å². The summed E-state index contributed by atoms with van der Waals surface area (Å²) < 4.78 is 0. The second-order valence-electron chi connectivity index (χ2n) is 6.56. The number of nitrogens with one attached hydrogen (secondary N) is 1. The molecule has 3 heteroatoms. The van der Waals surface area contributed by atoms with Crippen molar-refractivity contribution >= 4 is 0 Å². The molecule has 0 spiro atoms. The molecular formula is C18H25N3. The standard InChI is InChI=1S/C18H25N3/c19-13-18(20-17-6-7-17)14-21-10-8-16(9-11-21)12-15-4-2-1-3-5-15/h1-5,16-18,20H,6-12,14H2. The number of piperidine rings is 1. The predicted molar refractivity (Wildman–Crippen MR) is 84.9 cm³/mol. The van der Waals surface area contributed by atoms with Gasteiger partial charge in [0.15, 0.2) is 0 Å². The molecule has 1 saturated carbocycles. The van der Waals surface area contributed by atoms with Crippen LogP contribution in [0, 0.1) is 17.2 Å². The Morgan fingerprint density at radius 3 is 2.48 bits per heavy atom. The first-order chi connectivity index (χ1) is 10.3. The highest BCUT2D eigenvalue weighted by Gasteiger charge is 2.27. The molecule has 0 radical (unpaired) electrons. The van der Waals surface area contributed by atoms with Crippen molar-refractivity contribution in [1.29, 1.82) is 5.26 Å². The Balaban J connectivity index is 1.41. The Morgan fingerprint density at radius 2 is 1.86 bits per heavy atom. The number of rotatable bonds is 6. The summed E-state index contributed by atoms with van der Waals surface area (Å²) >= 11 is 0. The summed E-state index contributed by atoms with van der Waals surface area (Å²) in [5.41, 5.74) is 1.46. The Kier molecular flexibility index (Phi) is 4.90. The zero-order valence-corrected chi connectivity index (χ0v) is 12.7. The van der Waals surface area contributed by atoms with Crippen molar-refractivity contribution in [1.82, 2.24) is 10.2 Å². The van der Waals surface area contributed by atoms with E-state index in [-0.39, 0.29) is 6.04 Å². The van der Waals surface area contributed by atoms with Gasteiger partial charge in [-0.25, -0.2) is 0 Å². The number of nitrogens with zero attached hydrogens (tertiary/aromatic N) is 2. The lowest BCUT2D eigenvalue weighted by Crippen LogP contribution is -2.44. The predicted octanol–water partition coefficient (Wildman–Crippen LogP) is 2.59. The third-order valence-electron chi connectivity index (χ3n) is 4.69. The average Bonchev–Trinajstić information content (AvgIpc) is 3.33. The van der Waals surface area contributed by atoms with Crippen LogP contribution in [0.25, 0.3) is 0 Å².